The van der Waals surface area contributed by atoms with Crippen molar-refractivity contribution in [2.45, 2.75) is 0 Å². The minimum absolute atomic E-state index is 1.22. The normalized spacial score (nSPS) is 17.3. The van der Waals surface area contributed by atoms with Crippen molar-refractivity contribution in [3.05, 3.63) is 60.5 Å². The molecule has 0 radical (unpaired) electrons. The van der Waals surface area contributed by atoms with E-state index in [4.69, 9.17) is 0 Å². The average molecular weight is 174 g/mol. The lowest BCUT2D eigenvalue weighted by Crippen LogP contribution is -1.56. The van der Waals surface area contributed by atoms with Crippen molar-refractivity contribution < 1.29 is 0 Å². The van der Waals surface area contributed by atoms with E-state index in [1.807, 2.05) is 54.7 Å². The van der Waals surface area contributed by atoms with Gasteiger partial charge in [0.05, 0.1) is 0 Å². The van der Waals surface area contributed by atoms with Gasteiger partial charge in [0.2, 0.25) is 0 Å². The molecule has 0 aromatic rings. The van der Waals surface area contributed by atoms with Crippen molar-refractivity contribution in [3.63, 3.8) is 0 Å². The predicted octanol–water partition coefficient (Wildman–Crippen LogP) is 3.49. The molecule has 0 bridgehead atoms. The van der Waals surface area contributed by atoms with E-state index >= 15 is 0 Å². The highest BCUT2D eigenvalue weighted by molar-refractivity contribution is 7.42. The maximum absolute atomic E-state index is 2.10. The Balaban J connectivity index is 2.67. The molecule has 1 heteroatoms. The summed E-state index contributed by atoms with van der Waals surface area (Å²) in [5.41, 5.74) is 0. The van der Waals surface area contributed by atoms with Crippen molar-refractivity contribution in [2.24, 2.45) is 0 Å². The second kappa shape index (κ2) is 6.57. The molecule has 1 heterocycles. The van der Waals surface area contributed by atoms with E-state index in [0.717, 1.165) is 0 Å². The summed E-state index contributed by atoms with van der Waals surface area (Å²) in [6.07, 6.45) is 18.2. The predicted molar refractivity (Wildman–Crippen MR) is 58.7 cm³/mol. The van der Waals surface area contributed by atoms with Gasteiger partial charge >= 0.3 is 0 Å². The summed E-state index contributed by atoms with van der Waals surface area (Å²) in [5.74, 6) is 4.19. The zero-order chi connectivity index (χ0) is 8.49. The smallest absolute Gasteiger partial charge is 0.0347 e. The van der Waals surface area contributed by atoms with Gasteiger partial charge in [0, 0.05) is 0 Å². The van der Waals surface area contributed by atoms with Crippen molar-refractivity contribution >= 4 is 14.0 Å². The van der Waals surface area contributed by atoms with E-state index in [2.05, 4.69) is 11.6 Å². The number of hydrogen-bond donors (Lipinski definition) is 0. The van der Waals surface area contributed by atoms with Crippen molar-refractivity contribution in [1.82, 2.24) is 0 Å². The molecule has 12 heavy (non-hydrogen) atoms. The van der Waals surface area contributed by atoms with Gasteiger partial charge in [-0.05, 0) is 11.6 Å². The molecule has 0 atom stereocenters. The summed E-state index contributed by atoms with van der Waals surface area (Å²) in [6, 6.07) is 0. The van der Waals surface area contributed by atoms with Crippen LogP contribution in [0.25, 0.3) is 0 Å². The van der Waals surface area contributed by atoms with Crippen LogP contribution in [0.4, 0.5) is 0 Å². The van der Waals surface area contributed by atoms with Gasteiger partial charge in [-0.2, -0.15) is 0 Å². The van der Waals surface area contributed by atoms with Crippen LogP contribution in [0.3, 0.4) is 0 Å². The average Bonchev–Trinajstić information content (AvgIpc) is 2.05. The van der Waals surface area contributed by atoms with E-state index in [0.29, 0.717) is 0 Å². The molecule has 0 saturated heterocycles. The van der Waals surface area contributed by atoms with Gasteiger partial charge in [0.1, 0.15) is 0 Å². The third kappa shape index (κ3) is 4.65. The molecule has 0 fully saturated rings. The second-order valence-corrected chi connectivity index (χ2v) is 3.07. The van der Waals surface area contributed by atoms with Gasteiger partial charge in [-0.3, -0.25) is 0 Å². The Hall–Kier alpha value is -1.13. The Morgan fingerprint density at radius 3 is 1.67 bits per heavy atom. The molecule has 0 saturated carbocycles. The van der Waals surface area contributed by atoms with E-state index < -0.39 is 0 Å². The molecule has 1 aliphatic rings. The van der Waals surface area contributed by atoms with Gasteiger partial charge in [0.15, 0.2) is 0 Å². The van der Waals surface area contributed by atoms with Crippen LogP contribution >= 0.6 is 8.20 Å². The molecule has 0 aromatic carbocycles. The minimum Gasteiger partial charge on any atom is -0.0765 e. The zero-order valence-electron chi connectivity index (χ0n) is 6.80. The van der Waals surface area contributed by atoms with Crippen LogP contribution in [0.1, 0.15) is 0 Å². The van der Waals surface area contributed by atoms with E-state index in [1.165, 1.54) is 8.20 Å². The lowest BCUT2D eigenvalue weighted by molar-refractivity contribution is 1.87. The molecule has 1 rings (SSSR count). The van der Waals surface area contributed by atoms with Gasteiger partial charge in [-0.15, -0.1) is 0 Å². The van der Waals surface area contributed by atoms with E-state index in [1.54, 1.807) is 0 Å². The number of allylic oxidation sites excluding steroid dienone is 9. The Morgan fingerprint density at radius 1 is 0.500 bits per heavy atom. The maximum Gasteiger partial charge on any atom is -0.0347 e. The zero-order valence-corrected chi connectivity index (χ0v) is 7.69. The summed E-state index contributed by atoms with van der Waals surface area (Å²) >= 11 is 0. The number of rotatable bonds is 0. The first-order valence-electron chi connectivity index (χ1n) is 3.85. The molecule has 0 N–H and O–H groups in total. The van der Waals surface area contributed by atoms with E-state index in [-0.39, 0.29) is 0 Å². The molecular formula is C11H11P. The molecule has 0 aromatic heterocycles. The summed E-state index contributed by atoms with van der Waals surface area (Å²) in [5, 5.41) is 0. The maximum atomic E-state index is 2.10. The summed E-state index contributed by atoms with van der Waals surface area (Å²) in [4.78, 5) is 0. The Morgan fingerprint density at radius 2 is 1.00 bits per heavy atom. The molecule has 0 spiro atoms. The highest BCUT2D eigenvalue weighted by Crippen LogP contribution is 1.97. The molecule has 1 aliphatic heterocycles. The molecule has 0 nitrogen and oxygen atoms in total. The van der Waals surface area contributed by atoms with Crippen LogP contribution in [-0.2, 0) is 0 Å². The highest BCUT2D eigenvalue weighted by atomic mass is 31.1. The van der Waals surface area contributed by atoms with Gasteiger partial charge in [-0.1, -0.05) is 62.9 Å². The first-order chi connectivity index (χ1) is 6.00. The third-order valence-corrected chi connectivity index (χ3v) is 1.92. The van der Waals surface area contributed by atoms with Crippen molar-refractivity contribution in [2.75, 3.05) is 0 Å². The first kappa shape index (κ1) is 8.96. The Bertz CT molecular complexity index is 174. The fourth-order valence-corrected chi connectivity index (χ4v) is 1.19. The van der Waals surface area contributed by atoms with Crippen LogP contribution in [0, 0.1) is 0 Å². The van der Waals surface area contributed by atoms with Crippen LogP contribution in [-0.4, -0.2) is 5.80 Å². The SMILES string of the molecule is C1=CC=CC=CP=CC=CC=C1. The first-order valence-corrected chi connectivity index (χ1v) is 4.88. The summed E-state index contributed by atoms with van der Waals surface area (Å²) in [6.45, 7) is 0. The summed E-state index contributed by atoms with van der Waals surface area (Å²) < 4.78 is 0. The Labute approximate surface area is 75.1 Å². The van der Waals surface area contributed by atoms with Crippen molar-refractivity contribution in [3.8, 4) is 0 Å². The fraction of sp³-hybridized carbons (Fsp3) is 0. The van der Waals surface area contributed by atoms with Gasteiger partial charge < -0.3 is 0 Å². The standard InChI is InChI=1S/C11H11P/c1-2-4-6-8-10-12-11-9-7-5-3-1/h1-11H. The van der Waals surface area contributed by atoms with E-state index in [9.17, 15) is 0 Å². The van der Waals surface area contributed by atoms with Crippen LogP contribution < -0.4 is 0 Å². The summed E-state index contributed by atoms with van der Waals surface area (Å²) in [7, 11) is 1.22. The monoisotopic (exact) mass is 174 g/mol. The molecule has 0 amide bonds. The van der Waals surface area contributed by atoms with Gasteiger partial charge in [-0.25, -0.2) is 0 Å². The quantitative estimate of drug-likeness (QED) is 0.493. The molecule has 0 aliphatic carbocycles. The number of hydrogen-bond acceptors (Lipinski definition) is 0. The third-order valence-electron chi connectivity index (χ3n) is 1.23. The van der Waals surface area contributed by atoms with Gasteiger partial charge in [0.25, 0.3) is 0 Å². The minimum atomic E-state index is 1.22. The topological polar surface area (TPSA) is 0 Å². The van der Waals surface area contributed by atoms with Crippen LogP contribution in [0.2, 0.25) is 0 Å². The molecule has 60 valence electrons. The van der Waals surface area contributed by atoms with Crippen molar-refractivity contribution in [1.29, 1.82) is 0 Å². The second-order valence-electron chi connectivity index (χ2n) is 2.18. The lowest BCUT2D eigenvalue weighted by atomic mass is 10.4. The van der Waals surface area contributed by atoms with Crippen LogP contribution in [0.15, 0.2) is 60.5 Å². The molecule has 0 unspecified atom stereocenters. The molecular weight excluding hydrogens is 163 g/mol. The lowest BCUT2D eigenvalue weighted by Gasteiger charge is -1.76. The fourth-order valence-electron chi connectivity index (χ4n) is 0.698. The largest absolute Gasteiger partial charge is 0.0765 e. The van der Waals surface area contributed by atoms with Crippen LogP contribution in [0.5, 0.6) is 0 Å². The Kier molecular flexibility index (Phi) is 4.91. The highest BCUT2D eigenvalue weighted by Gasteiger charge is 1.66.